The van der Waals surface area contributed by atoms with Crippen molar-refractivity contribution >= 4 is 28.5 Å². The van der Waals surface area contributed by atoms with Gasteiger partial charge in [0.2, 0.25) is 0 Å². The van der Waals surface area contributed by atoms with Gasteiger partial charge in [-0.15, -0.1) is 0 Å². The number of nitrogens with one attached hydrogen (secondary N) is 1. The van der Waals surface area contributed by atoms with Crippen LogP contribution in [0.15, 0.2) is 72.8 Å². The molecule has 0 aliphatic carbocycles. The maximum atomic E-state index is 14.0. The number of aromatic nitrogens is 1. The quantitative estimate of drug-likeness (QED) is 0.359. The van der Waals surface area contributed by atoms with E-state index >= 15 is 0 Å². The molecule has 4 aromatic rings. The molecule has 2 aliphatic heterocycles. The zero-order valence-corrected chi connectivity index (χ0v) is 20.3. The van der Waals surface area contributed by atoms with Gasteiger partial charge in [0, 0.05) is 23.0 Å². The smallest absolute Gasteiger partial charge is 0.332 e. The molecule has 5 heteroatoms. The Morgan fingerprint density at radius 3 is 2.40 bits per heavy atom. The van der Waals surface area contributed by atoms with Crippen LogP contribution in [0, 0.1) is 0 Å². The second-order valence-electron chi connectivity index (χ2n) is 9.85. The number of benzene rings is 3. The first-order valence-corrected chi connectivity index (χ1v) is 12.4. The van der Waals surface area contributed by atoms with E-state index < -0.39 is 6.04 Å². The number of aromatic amines is 1. The van der Waals surface area contributed by atoms with Gasteiger partial charge in [-0.25, -0.2) is 9.69 Å². The maximum Gasteiger partial charge on any atom is 0.332 e. The summed E-state index contributed by atoms with van der Waals surface area (Å²) in [6, 6.07) is 23.3. The van der Waals surface area contributed by atoms with Crippen LogP contribution in [0.2, 0.25) is 0 Å². The van der Waals surface area contributed by atoms with E-state index in [1.54, 1.807) is 4.90 Å². The number of hydrogen-bond acceptors (Lipinski definition) is 2. The SMILES string of the molecule is CCc1ccccc1N1C(=O)[C@@H]2Cc3c([nH]c4ccccc34)[C@H](c3ccc(C(C)C)cc3)N2C1=O. The average molecular weight is 464 g/mol. The third kappa shape index (κ3) is 3.22. The van der Waals surface area contributed by atoms with Crippen LogP contribution in [0.3, 0.4) is 0 Å². The average Bonchev–Trinajstić information content (AvgIpc) is 3.37. The molecular formula is C30H29N3O2. The van der Waals surface area contributed by atoms with Gasteiger partial charge in [-0.05, 0) is 46.7 Å². The van der Waals surface area contributed by atoms with Gasteiger partial charge in [-0.1, -0.05) is 81.4 Å². The Bertz CT molecular complexity index is 1450. The van der Waals surface area contributed by atoms with E-state index in [1.807, 2.05) is 43.3 Å². The number of imide groups is 1. The molecule has 0 unspecified atom stereocenters. The minimum absolute atomic E-state index is 0.143. The first kappa shape index (κ1) is 21.7. The van der Waals surface area contributed by atoms with Gasteiger partial charge in [0.15, 0.2) is 0 Å². The fraction of sp³-hybridized carbons (Fsp3) is 0.267. The Balaban J connectivity index is 1.53. The number of nitrogens with zero attached hydrogens (tertiary/aromatic N) is 2. The van der Waals surface area contributed by atoms with Crippen molar-refractivity contribution in [2.45, 2.75) is 51.6 Å². The highest BCUT2D eigenvalue weighted by Crippen LogP contribution is 2.45. The van der Waals surface area contributed by atoms with Crippen LogP contribution in [0.1, 0.15) is 60.7 Å². The Labute approximate surface area is 205 Å². The van der Waals surface area contributed by atoms with Gasteiger partial charge in [0.1, 0.15) is 12.1 Å². The van der Waals surface area contributed by atoms with Gasteiger partial charge in [0.05, 0.1) is 5.69 Å². The lowest BCUT2D eigenvalue weighted by atomic mass is 9.88. The van der Waals surface area contributed by atoms with E-state index in [1.165, 1.54) is 10.5 Å². The van der Waals surface area contributed by atoms with Crippen molar-refractivity contribution in [2.75, 3.05) is 4.90 Å². The van der Waals surface area contributed by atoms with Gasteiger partial charge in [0.25, 0.3) is 5.91 Å². The summed E-state index contributed by atoms with van der Waals surface area (Å²) in [4.78, 5) is 34.7. The summed E-state index contributed by atoms with van der Waals surface area (Å²) in [6.45, 7) is 6.40. The molecule has 35 heavy (non-hydrogen) atoms. The summed E-state index contributed by atoms with van der Waals surface area (Å²) in [6.07, 6.45) is 1.26. The topological polar surface area (TPSA) is 56.4 Å². The molecule has 0 radical (unpaired) electrons. The normalized spacial score (nSPS) is 19.5. The Hall–Kier alpha value is -3.86. The molecule has 1 fully saturated rings. The van der Waals surface area contributed by atoms with Crippen molar-refractivity contribution in [3.8, 4) is 0 Å². The van der Waals surface area contributed by atoms with Crippen molar-refractivity contribution in [1.82, 2.24) is 9.88 Å². The van der Waals surface area contributed by atoms with Gasteiger partial charge in [-0.2, -0.15) is 0 Å². The fourth-order valence-corrected chi connectivity index (χ4v) is 5.73. The largest absolute Gasteiger partial charge is 0.356 e. The van der Waals surface area contributed by atoms with Crippen LogP contribution >= 0.6 is 0 Å². The highest BCUT2D eigenvalue weighted by atomic mass is 16.2. The Kier molecular flexibility index (Phi) is 5.03. The molecule has 3 aromatic carbocycles. The van der Waals surface area contributed by atoms with E-state index in [0.717, 1.165) is 39.7 Å². The number of para-hydroxylation sites is 2. The molecule has 176 valence electrons. The van der Waals surface area contributed by atoms with E-state index in [9.17, 15) is 9.59 Å². The predicted molar refractivity (Wildman–Crippen MR) is 139 cm³/mol. The summed E-state index contributed by atoms with van der Waals surface area (Å²) in [5.41, 5.74) is 7.13. The fourth-order valence-electron chi connectivity index (χ4n) is 5.73. The maximum absolute atomic E-state index is 14.0. The summed E-state index contributed by atoms with van der Waals surface area (Å²) < 4.78 is 0. The van der Waals surface area contributed by atoms with Crippen molar-refractivity contribution in [3.05, 3.63) is 101 Å². The van der Waals surface area contributed by atoms with Crippen molar-refractivity contribution < 1.29 is 9.59 Å². The number of H-pyrrole nitrogens is 1. The summed E-state index contributed by atoms with van der Waals surface area (Å²) in [5.74, 6) is 0.276. The Morgan fingerprint density at radius 1 is 0.943 bits per heavy atom. The van der Waals surface area contributed by atoms with Crippen LogP contribution in [0.25, 0.3) is 10.9 Å². The number of hydrogen-bond donors (Lipinski definition) is 1. The number of carbonyl (C=O) groups excluding carboxylic acids is 2. The molecule has 1 N–H and O–H groups in total. The molecule has 6 rings (SSSR count). The minimum Gasteiger partial charge on any atom is -0.356 e. The molecule has 0 bridgehead atoms. The zero-order valence-electron chi connectivity index (χ0n) is 20.3. The van der Waals surface area contributed by atoms with Crippen LogP contribution in [0.5, 0.6) is 0 Å². The summed E-state index contributed by atoms with van der Waals surface area (Å²) >= 11 is 0. The van der Waals surface area contributed by atoms with Crippen LogP contribution < -0.4 is 4.90 Å². The first-order valence-electron chi connectivity index (χ1n) is 12.4. The molecule has 2 aliphatic rings. The van der Waals surface area contributed by atoms with Gasteiger partial charge >= 0.3 is 6.03 Å². The number of fused-ring (bicyclic) bond motifs is 4. The molecule has 0 saturated carbocycles. The second kappa shape index (κ2) is 8.12. The summed E-state index contributed by atoms with van der Waals surface area (Å²) in [5, 5.41) is 1.12. The number of amides is 3. The molecule has 5 nitrogen and oxygen atoms in total. The van der Waals surface area contributed by atoms with Crippen molar-refractivity contribution in [1.29, 1.82) is 0 Å². The number of rotatable bonds is 4. The lowest BCUT2D eigenvalue weighted by Crippen LogP contribution is -2.44. The standard InChI is InChI=1S/C30H29N3O2/c1-4-19-9-5-8-12-25(19)33-29(34)26-17-23-22-10-6-7-11-24(22)31-27(23)28(32(26)30(33)35)21-15-13-20(14-16-21)18(2)3/h5-16,18,26,28,31H,4,17H2,1-3H3/t26-,28-/m0/s1. The van der Waals surface area contributed by atoms with Crippen molar-refractivity contribution in [2.24, 2.45) is 0 Å². The Morgan fingerprint density at radius 2 is 1.66 bits per heavy atom. The highest BCUT2D eigenvalue weighted by molar-refractivity contribution is 6.22. The van der Waals surface area contributed by atoms with E-state index in [-0.39, 0.29) is 18.0 Å². The molecule has 2 atom stereocenters. The molecule has 1 saturated heterocycles. The lowest BCUT2D eigenvalue weighted by Gasteiger charge is -2.36. The van der Waals surface area contributed by atoms with Crippen LogP contribution in [-0.2, 0) is 17.6 Å². The number of aryl methyl sites for hydroxylation is 1. The number of urea groups is 1. The minimum atomic E-state index is -0.533. The van der Waals surface area contributed by atoms with Crippen LogP contribution in [0.4, 0.5) is 10.5 Å². The third-order valence-electron chi connectivity index (χ3n) is 7.58. The molecule has 0 spiro atoms. The molecule has 3 amide bonds. The van der Waals surface area contributed by atoms with Crippen molar-refractivity contribution in [3.63, 3.8) is 0 Å². The van der Waals surface area contributed by atoms with E-state index in [0.29, 0.717) is 18.0 Å². The molecule has 3 heterocycles. The van der Waals surface area contributed by atoms with Crippen LogP contribution in [-0.4, -0.2) is 27.9 Å². The number of anilines is 1. The second-order valence-corrected chi connectivity index (χ2v) is 9.85. The molecule has 1 aromatic heterocycles. The van der Waals surface area contributed by atoms with E-state index in [4.69, 9.17) is 0 Å². The van der Waals surface area contributed by atoms with Gasteiger partial charge < -0.3 is 4.98 Å². The lowest BCUT2D eigenvalue weighted by molar-refractivity contribution is -0.120. The summed E-state index contributed by atoms with van der Waals surface area (Å²) in [7, 11) is 0. The first-order chi connectivity index (χ1) is 17.0. The third-order valence-corrected chi connectivity index (χ3v) is 7.58. The predicted octanol–water partition coefficient (Wildman–Crippen LogP) is 6.34. The zero-order chi connectivity index (χ0) is 24.3. The monoisotopic (exact) mass is 463 g/mol. The number of carbonyl (C=O) groups is 2. The highest BCUT2D eigenvalue weighted by Gasteiger charge is 2.53. The molecular weight excluding hydrogens is 434 g/mol. The van der Waals surface area contributed by atoms with Gasteiger partial charge in [-0.3, -0.25) is 9.69 Å². The van der Waals surface area contributed by atoms with E-state index in [2.05, 4.69) is 55.2 Å².